The van der Waals surface area contributed by atoms with E-state index in [0.717, 1.165) is 5.56 Å². The van der Waals surface area contributed by atoms with Crippen LogP contribution in [-0.4, -0.2) is 32.6 Å². The molecule has 0 saturated carbocycles. The van der Waals surface area contributed by atoms with Crippen molar-refractivity contribution in [1.82, 2.24) is 5.32 Å². The van der Waals surface area contributed by atoms with Crippen LogP contribution in [0.25, 0.3) is 0 Å². The summed E-state index contributed by atoms with van der Waals surface area (Å²) in [6, 6.07) is 5.67. The average Bonchev–Trinajstić information content (AvgIpc) is 2.44. The molecule has 1 rings (SSSR count). The van der Waals surface area contributed by atoms with Crippen LogP contribution in [0.1, 0.15) is 12.5 Å². The van der Waals surface area contributed by atoms with Gasteiger partial charge in [-0.1, -0.05) is 13.0 Å². The number of rotatable bonds is 7. The van der Waals surface area contributed by atoms with Crippen molar-refractivity contribution in [2.24, 2.45) is 5.92 Å². The van der Waals surface area contributed by atoms with E-state index in [0.29, 0.717) is 30.3 Å². The highest BCUT2D eigenvalue weighted by Gasteiger charge is 2.14. The fourth-order valence-corrected chi connectivity index (χ4v) is 1.89. The van der Waals surface area contributed by atoms with Gasteiger partial charge in [-0.05, 0) is 24.1 Å². The van der Waals surface area contributed by atoms with Crippen LogP contribution in [0.3, 0.4) is 0 Å². The van der Waals surface area contributed by atoms with Crippen LogP contribution < -0.4 is 14.8 Å². The Hall–Kier alpha value is -1.42. The van der Waals surface area contributed by atoms with Crippen LogP contribution >= 0.6 is 11.6 Å². The van der Waals surface area contributed by atoms with Crippen molar-refractivity contribution in [3.05, 3.63) is 23.8 Å². The van der Waals surface area contributed by atoms with Gasteiger partial charge < -0.3 is 14.8 Å². The molecule has 0 saturated heterocycles. The summed E-state index contributed by atoms with van der Waals surface area (Å²) in [7, 11) is 3.19. The SMILES string of the molecule is COc1ccc(CC(C)C(=O)NCCCl)cc1OC. The van der Waals surface area contributed by atoms with Gasteiger partial charge in [0.15, 0.2) is 11.5 Å². The molecule has 0 aliphatic carbocycles. The molecule has 0 aromatic heterocycles. The van der Waals surface area contributed by atoms with Gasteiger partial charge in [0, 0.05) is 18.3 Å². The Bertz CT molecular complexity index is 423. The zero-order valence-corrected chi connectivity index (χ0v) is 12.3. The van der Waals surface area contributed by atoms with Gasteiger partial charge in [0.1, 0.15) is 0 Å². The van der Waals surface area contributed by atoms with Crippen molar-refractivity contribution in [3.63, 3.8) is 0 Å². The predicted octanol–water partition coefficient (Wildman–Crippen LogP) is 2.24. The first-order valence-electron chi connectivity index (χ1n) is 6.17. The summed E-state index contributed by atoms with van der Waals surface area (Å²) in [6.45, 7) is 2.39. The monoisotopic (exact) mass is 285 g/mol. The van der Waals surface area contributed by atoms with Crippen molar-refractivity contribution in [2.75, 3.05) is 26.6 Å². The van der Waals surface area contributed by atoms with Gasteiger partial charge in [-0.3, -0.25) is 4.79 Å². The lowest BCUT2D eigenvalue weighted by Gasteiger charge is -2.13. The smallest absolute Gasteiger partial charge is 0.223 e. The second-order valence-electron chi connectivity index (χ2n) is 4.27. The lowest BCUT2D eigenvalue weighted by Crippen LogP contribution is -2.31. The second kappa shape index (κ2) is 7.89. The number of methoxy groups -OCH3 is 2. The van der Waals surface area contributed by atoms with Crippen molar-refractivity contribution >= 4 is 17.5 Å². The first-order valence-corrected chi connectivity index (χ1v) is 6.70. The lowest BCUT2D eigenvalue weighted by molar-refractivity contribution is -0.124. The molecular formula is C14H20ClNO3. The van der Waals surface area contributed by atoms with E-state index < -0.39 is 0 Å². The number of hydrogen-bond acceptors (Lipinski definition) is 3. The quantitative estimate of drug-likeness (QED) is 0.782. The maximum Gasteiger partial charge on any atom is 0.223 e. The van der Waals surface area contributed by atoms with E-state index in [1.807, 2.05) is 25.1 Å². The van der Waals surface area contributed by atoms with E-state index in [1.165, 1.54) is 0 Å². The molecule has 0 aliphatic heterocycles. The summed E-state index contributed by atoms with van der Waals surface area (Å²) in [5.41, 5.74) is 1.03. The van der Waals surface area contributed by atoms with Crippen molar-refractivity contribution < 1.29 is 14.3 Å². The zero-order chi connectivity index (χ0) is 14.3. The highest BCUT2D eigenvalue weighted by atomic mass is 35.5. The molecule has 0 heterocycles. The normalized spacial score (nSPS) is 11.8. The Balaban J connectivity index is 2.68. The molecule has 4 nitrogen and oxygen atoms in total. The highest BCUT2D eigenvalue weighted by molar-refractivity contribution is 6.18. The largest absolute Gasteiger partial charge is 0.493 e. The van der Waals surface area contributed by atoms with Gasteiger partial charge in [0.2, 0.25) is 5.91 Å². The molecule has 1 atom stereocenters. The topological polar surface area (TPSA) is 47.6 Å². The number of carbonyl (C=O) groups excluding carboxylic acids is 1. The lowest BCUT2D eigenvalue weighted by atomic mass is 10.00. The third-order valence-electron chi connectivity index (χ3n) is 2.83. The van der Waals surface area contributed by atoms with Gasteiger partial charge in [-0.2, -0.15) is 0 Å². The fourth-order valence-electron chi connectivity index (χ4n) is 1.80. The third-order valence-corrected chi connectivity index (χ3v) is 3.02. The van der Waals surface area contributed by atoms with Gasteiger partial charge in [-0.25, -0.2) is 0 Å². The molecule has 1 aromatic rings. The number of nitrogens with one attached hydrogen (secondary N) is 1. The first-order chi connectivity index (χ1) is 9.12. The molecule has 0 radical (unpaired) electrons. The molecule has 1 amide bonds. The van der Waals surface area contributed by atoms with Crippen molar-refractivity contribution in [1.29, 1.82) is 0 Å². The van der Waals surface area contributed by atoms with Crippen LogP contribution in [0, 0.1) is 5.92 Å². The Morgan fingerprint density at radius 2 is 2.00 bits per heavy atom. The number of alkyl halides is 1. The Labute approximate surface area is 119 Å². The molecule has 1 aromatic carbocycles. The van der Waals surface area contributed by atoms with E-state index >= 15 is 0 Å². The summed E-state index contributed by atoms with van der Waals surface area (Å²) in [5.74, 6) is 1.69. The summed E-state index contributed by atoms with van der Waals surface area (Å²) in [6.07, 6.45) is 0.647. The number of ether oxygens (including phenoxy) is 2. The van der Waals surface area contributed by atoms with Crippen LogP contribution in [0.4, 0.5) is 0 Å². The summed E-state index contributed by atoms with van der Waals surface area (Å²) < 4.78 is 10.4. The Morgan fingerprint density at radius 3 is 2.58 bits per heavy atom. The molecule has 0 spiro atoms. The number of amides is 1. The van der Waals surface area contributed by atoms with Gasteiger partial charge in [0.25, 0.3) is 0 Å². The minimum absolute atomic E-state index is 0.00966. The molecule has 5 heteroatoms. The molecule has 1 N–H and O–H groups in total. The average molecular weight is 286 g/mol. The maximum atomic E-state index is 11.8. The second-order valence-corrected chi connectivity index (χ2v) is 4.65. The summed E-state index contributed by atoms with van der Waals surface area (Å²) in [4.78, 5) is 11.8. The number of halogens is 1. The van der Waals surface area contributed by atoms with Gasteiger partial charge in [-0.15, -0.1) is 11.6 Å². The van der Waals surface area contributed by atoms with Crippen LogP contribution in [-0.2, 0) is 11.2 Å². The minimum atomic E-state index is -0.110. The zero-order valence-electron chi connectivity index (χ0n) is 11.5. The van der Waals surface area contributed by atoms with Crippen LogP contribution in [0.15, 0.2) is 18.2 Å². The van der Waals surface area contributed by atoms with Gasteiger partial charge in [0.05, 0.1) is 14.2 Å². The molecule has 0 fully saturated rings. The van der Waals surface area contributed by atoms with E-state index in [4.69, 9.17) is 21.1 Å². The molecule has 106 valence electrons. The van der Waals surface area contributed by atoms with Crippen molar-refractivity contribution in [3.8, 4) is 11.5 Å². The summed E-state index contributed by atoms with van der Waals surface area (Å²) in [5, 5.41) is 2.78. The highest BCUT2D eigenvalue weighted by Crippen LogP contribution is 2.28. The molecule has 1 unspecified atom stereocenters. The van der Waals surface area contributed by atoms with Crippen LogP contribution in [0.5, 0.6) is 11.5 Å². The van der Waals surface area contributed by atoms with E-state index in [-0.39, 0.29) is 11.8 Å². The van der Waals surface area contributed by atoms with E-state index in [9.17, 15) is 4.79 Å². The third kappa shape index (κ3) is 4.63. The fraction of sp³-hybridized carbons (Fsp3) is 0.500. The molecule has 0 bridgehead atoms. The first kappa shape index (κ1) is 15.6. The minimum Gasteiger partial charge on any atom is -0.493 e. The Kier molecular flexibility index (Phi) is 6.50. The predicted molar refractivity (Wildman–Crippen MR) is 76.1 cm³/mol. The van der Waals surface area contributed by atoms with Crippen molar-refractivity contribution in [2.45, 2.75) is 13.3 Å². The Morgan fingerprint density at radius 1 is 1.32 bits per heavy atom. The number of hydrogen-bond donors (Lipinski definition) is 1. The molecular weight excluding hydrogens is 266 g/mol. The van der Waals surface area contributed by atoms with Gasteiger partial charge >= 0.3 is 0 Å². The molecule has 19 heavy (non-hydrogen) atoms. The summed E-state index contributed by atoms with van der Waals surface area (Å²) >= 11 is 5.54. The number of carbonyl (C=O) groups is 1. The number of benzene rings is 1. The van der Waals surface area contributed by atoms with E-state index in [1.54, 1.807) is 14.2 Å². The standard InChI is InChI=1S/C14H20ClNO3/c1-10(14(17)16-7-6-15)8-11-4-5-12(18-2)13(9-11)19-3/h4-5,9-10H,6-8H2,1-3H3,(H,16,17). The van der Waals surface area contributed by atoms with E-state index in [2.05, 4.69) is 5.32 Å². The van der Waals surface area contributed by atoms with Crippen LogP contribution in [0.2, 0.25) is 0 Å². The molecule has 0 aliphatic rings. The maximum absolute atomic E-state index is 11.8.